The molecule has 0 bridgehead atoms. The molecule has 3 aromatic rings. The number of carbonyl (C=O) groups excluding carboxylic acids is 2. The van der Waals surface area contributed by atoms with Gasteiger partial charge in [0.2, 0.25) is 0 Å². The van der Waals surface area contributed by atoms with Crippen LogP contribution in [0, 0.1) is 6.92 Å². The van der Waals surface area contributed by atoms with Gasteiger partial charge in [0.1, 0.15) is 0 Å². The summed E-state index contributed by atoms with van der Waals surface area (Å²) >= 11 is 12.1. The molecular weight excluding hydrogens is 359 g/mol. The Kier molecular flexibility index (Phi) is 4.93. The summed E-state index contributed by atoms with van der Waals surface area (Å²) < 4.78 is 1.67. The first-order chi connectivity index (χ1) is 12.0. The number of carbonyl (C=O) groups is 2. The Morgan fingerprint density at radius 3 is 2.40 bits per heavy atom. The average Bonchev–Trinajstić information content (AvgIpc) is 2.94. The Bertz CT molecular complexity index is 947. The fourth-order valence-electron chi connectivity index (χ4n) is 2.63. The van der Waals surface area contributed by atoms with Crippen molar-refractivity contribution in [3.8, 4) is 5.69 Å². The minimum atomic E-state index is -0.311. The van der Waals surface area contributed by atoms with E-state index >= 15 is 0 Å². The number of rotatable bonds is 4. The fraction of sp³-hybridized carbons (Fsp3) is 0.0526. The van der Waals surface area contributed by atoms with Gasteiger partial charge in [-0.1, -0.05) is 35.3 Å². The van der Waals surface area contributed by atoms with Crippen LogP contribution in [0.25, 0.3) is 5.69 Å². The lowest BCUT2D eigenvalue weighted by Gasteiger charge is -2.11. The fourth-order valence-corrected chi connectivity index (χ4v) is 2.98. The van der Waals surface area contributed by atoms with Crippen LogP contribution in [0.5, 0.6) is 0 Å². The van der Waals surface area contributed by atoms with Crippen LogP contribution in [0.4, 0.5) is 5.69 Å². The molecule has 0 aliphatic heterocycles. The van der Waals surface area contributed by atoms with E-state index in [2.05, 4.69) is 5.32 Å². The summed E-state index contributed by atoms with van der Waals surface area (Å²) in [5, 5.41) is 3.88. The van der Waals surface area contributed by atoms with Crippen molar-refractivity contribution in [1.29, 1.82) is 0 Å². The average molecular weight is 373 g/mol. The molecule has 1 heterocycles. The lowest BCUT2D eigenvalue weighted by molar-refractivity contribution is 0.102. The zero-order chi connectivity index (χ0) is 18.0. The van der Waals surface area contributed by atoms with Crippen LogP contribution in [0.3, 0.4) is 0 Å². The first-order valence-electron chi connectivity index (χ1n) is 7.50. The van der Waals surface area contributed by atoms with Crippen molar-refractivity contribution >= 4 is 41.1 Å². The van der Waals surface area contributed by atoms with E-state index in [9.17, 15) is 9.59 Å². The second-order valence-electron chi connectivity index (χ2n) is 5.43. The molecule has 3 rings (SSSR count). The molecule has 0 saturated heterocycles. The molecule has 4 nitrogen and oxygen atoms in total. The molecule has 1 aromatic heterocycles. The molecule has 1 amide bonds. The van der Waals surface area contributed by atoms with Crippen molar-refractivity contribution in [2.24, 2.45) is 0 Å². The number of nitrogens with one attached hydrogen (secondary N) is 1. The number of nitrogens with zero attached hydrogens (tertiary/aromatic N) is 1. The summed E-state index contributed by atoms with van der Waals surface area (Å²) in [4.78, 5) is 24.1. The largest absolute Gasteiger partial charge is 0.322 e. The molecule has 0 spiro atoms. The van der Waals surface area contributed by atoms with Crippen LogP contribution in [0.2, 0.25) is 10.0 Å². The Morgan fingerprint density at radius 1 is 1.08 bits per heavy atom. The van der Waals surface area contributed by atoms with Crippen molar-refractivity contribution in [3.63, 3.8) is 0 Å². The molecule has 0 aliphatic carbocycles. The molecular formula is C19H14Cl2N2O2. The second kappa shape index (κ2) is 7.13. The van der Waals surface area contributed by atoms with Crippen molar-refractivity contribution in [2.45, 2.75) is 6.92 Å². The highest BCUT2D eigenvalue weighted by Crippen LogP contribution is 2.26. The van der Waals surface area contributed by atoms with Crippen molar-refractivity contribution in [1.82, 2.24) is 4.57 Å². The van der Waals surface area contributed by atoms with E-state index in [0.717, 1.165) is 0 Å². The third kappa shape index (κ3) is 3.45. The van der Waals surface area contributed by atoms with Gasteiger partial charge in [-0.25, -0.2) is 0 Å². The molecule has 0 fully saturated rings. The number of aldehydes is 1. The number of hydrogen-bond acceptors (Lipinski definition) is 2. The highest BCUT2D eigenvalue weighted by Gasteiger charge is 2.19. The van der Waals surface area contributed by atoms with Crippen LogP contribution in [-0.4, -0.2) is 16.8 Å². The lowest BCUT2D eigenvalue weighted by atomic mass is 10.2. The van der Waals surface area contributed by atoms with Crippen LogP contribution >= 0.6 is 23.2 Å². The summed E-state index contributed by atoms with van der Waals surface area (Å²) in [6.07, 6.45) is 0.704. The van der Waals surface area contributed by atoms with Gasteiger partial charge in [0.05, 0.1) is 22.0 Å². The number of aromatic nitrogens is 1. The third-order valence-electron chi connectivity index (χ3n) is 3.84. The number of benzene rings is 2. The molecule has 0 aliphatic rings. The summed E-state index contributed by atoms with van der Waals surface area (Å²) in [6, 6.07) is 15.5. The van der Waals surface area contributed by atoms with Gasteiger partial charge in [0.15, 0.2) is 6.29 Å². The molecule has 6 heteroatoms. The van der Waals surface area contributed by atoms with Crippen LogP contribution in [0.1, 0.15) is 26.5 Å². The zero-order valence-electron chi connectivity index (χ0n) is 13.3. The summed E-state index contributed by atoms with van der Waals surface area (Å²) in [7, 11) is 0. The predicted molar refractivity (Wildman–Crippen MR) is 100 cm³/mol. The standard InChI is InChI=1S/C19H14Cl2N2O2/c1-12-16(19(25)22-14-8-6-13(20)7-9-14)10-15(11-24)23(12)18-5-3-2-4-17(18)21/h2-11H,1H3,(H,22,25). The van der Waals surface area contributed by atoms with Gasteiger partial charge in [0, 0.05) is 16.4 Å². The van der Waals surface area contributed by atoms with Crippen LogP contribution in [0.15, 0.2) is 54.6 Å². The quantitative estimate of drug-likeness (QED) is 0.643. The summed E-state index contributed by atoms with van der Waals surface area (Å²) in [6.45, 7) is 1.77. The summed E-state index contributed by atoms with van der Waals surface area (Å²) in [5.41, 5.74) is 2.65. The Labute approximate surface area is 155 Å². The Hall–Kier alpha value is -2.56. The van der Waals surface area contributed by atoms with Gasteiger partial charge < -0.3 is 9.88 Å². The number of para-hydroxylation sites is 1. The van der Waals surface area contributed by atoms with E-state index in [1.807, 2.05) is 6.07 Å². The van der Waals surface area contributed by atoms with E-state index < -0.39 is 0 Å². The van der Waals surface area contributed by atoms with Gasteiger partial charge in [-0.3, -0.25) is 9.59 Å². The summed E-state index contributed by atoms with van der Waals surface area (Å²) in [5.74, 6) is -0.311. The number of halogens is 2. The van der Waals surface area contributed by atoms with Gasteiger partial charge >= 0.3 is 0 Å². The molecule has 126 valence electrons. The predicted octanol–water partition coefficient (Wildman–Crippen LogP) is 5.16. The van der Waals surface area contributed by atoms with Crippen molar-refractivity contribution in [3.05, 3.63) is 81.6 Å². The maximum atomic E-state index is 12.6. The second-order valence-corrected chi connectivity index (χ2v) is 6.28. The van der Waals surface area contributed by atoms with E-state index in [4.69, 9.17) is 23.2 Å². The minimum Gasteiger partial charge on any atom is -0.322 e. The SMILES string of the molecule is Cc1c(C(=O)Nc2ccc(Cl)cc2)cc(C=O)n1-c1ccccc1Cl. The maximum Gasteiger partial charge on any atom is 0.257 e. The normalized spacial score (nSPS) is 10.5. The van der Waals surface area contributed by atoms with E-state index in [1.165, 1.54) is 0 Å². The number of hydrogen-bond donors (Lipinski definition) is 1. The Balaban J connectivity index is 2.00. The molecule has 2 aromatic carbocycles. The van der Waals surface area contributed by atoms with Gasteiger partial charge in [-0.2, -0.15) is 0 Å². The molecule has 25 heavy (non-hydrogen) atoms. The molecule has 1 N–H and O–H groups in total. The minimum absolute atomic E-state index is 0.311. The van der Waals surface area contributed by atoms with Crippen LogP contribution < -0.4 is 5.32 Å². The highest BCUT2D eigenvalue weighted by atomic mass is 35.5. The monoisotopic (exact) mass is 372 g/mol. The first kappa shape index (κ1) is 17.3. The highest BCUT2D eigenvalue weighted by molar-refractivity contribution is 6.32. The Morgan fingerprint density at radius 2 is 1.76 bits per heavy atom. The number of amides is 1. The van der Waals surface area contributed by atoms with Crippen molar-refractivity contribution < 1.29 is 9.59 Å². The van der Waals surface area contributed by atoms with Gasteiger partial charge in [0.25, 0.3) is 5.91 Å². The topological polar surface area (TPSA) is 51.1 Å². The molecule has 0 radical (unpaired) electrons. The third-order valence-corrected chi connectivity index (χ3v) is 4.41. The van der Waals surface area contributed by atoms with E-state index in [-0.39, 0.29) is 5.91 Å². The smallest absolute Gasteiger partial charge is 0.257 e. The zero-order valence-corrected chi connectivity index (χ0v) is 14.8. The van der Waals surface area contributed by atoms with E-state index in [0.29, 0.717) is 44.7 Å². The number of anilines is 1. The van der Waals surface area contributed by atoms with Gasteiger partial charge in [-0.15, -0.1) is 0 Å². The first-order valence-corrected chi connectivity index (χ1v) is 8.26. The van der Waals surface area contributed by atoms with Crippen LogP contribution in [-0.2, 0) is 0 Å². The molecule has 0 atom stereocenters. The molecule has 0 unspecified atom stereocenters. The maximum absolute atomic E-state index is 12.6. The molecule has 0 saturated carbocycles. The van der Waals surface area contributed by atoms with Crippen molar-refractivity contribution in [2.75, 3.05) is 5.32 Å². The van der Waals surface area contributed by atoms with E-state index in [1.54, 1.807) is 60.0 Å². The van der Waals surface area contributed by atoms with Gasteiger partial charge in [-0.05, 0) is 49.4 Å². The lowest BCUT2D eigenvalue weighted by Crippen LogP contribution is -2.13.